The van der Waals surface area contributed by atoms with Crippen LogP contribution in [0.4, 0.5) is 0 Å². The maximum atomic E-state index is 11.6. The molecule has 2 atom stereocenters. The SMILES string of the molecule is C[C@@H]1CN(Cc2ccc(S(C)(=O)=O)cc2)C[C@H](C)N1Cc1ccc(C(=O)O)cc1. The van der Waals surface area contributed by atoms with Crippen molar-refractivity contribution in [2.24, 2.45) is 0 Å². The summed E-state index contributed by atoms with van der Waals surface area (Å²) >= 11 is 0. The Kier molecular flexibility index (Phi) is 6.41. The second-order valence-corrected chi connectivity index (χ2v) is 10.00. The Morgan fingerprint density at radius 3 is 1.90 bits per heavy atom. The lowest BCUT2D eigenvalue weighted by atomic mass is 10.0. The van der Waals surface area contributed by atoms with Gasteiger partial charge < -0.3 is 5.11 Å². The third-order valence-corrected chi connectivity index (χ3v) is 6.63. The average Bonchev–Trinajstić information content (AvgIpc) is 2.65. The molecular weight excluding hydrogens is 388 g/mol. The summed E-state index contributed by atoms with van der Waals surface area (Å²) in [6.45, 7) is 7.85. The van der Waals surface area contributed by atoms with Gasteiger partial charge in [0.1, 0.15) is 0 Å². The van der Waals surface area contributed by atoms with E-state index in [0.717, 1.165) is 37.3 Å². The third-order valence-electron chi connectivity index (χ3n) is 5.50. The monoisotopic (exact) mass is 416 g/mol. The Bertz CT molecular complexity index is 943. The van der Waals surface area contributed by atoms with Crippen LogP contribution in [-0.4, -0.2) is 60.7 Å². The van der Waals surface area contributed by atoms with Crippen LogP contribution >= 0.6 is 0 Å². The van der Waals surface area contributed by atoms with Gasteiger partial charge in [0.25, 0.3) is 0 Å². The van der Waals surface area contributed by atoms with Gasteiger partial charge in [-0.05, 0) is 49.2 Å². The van der Waals surface area contributed by atoms with E-state index in [4.69, 9.17) is 5.11 Å². The van der Waals surface area contributed by atoms with E-state index in [0.29, 0.717) is 22.5 Å². The zero-order valence-electron chi connectivity index (χ0n) is 17.1. The summed E-state index contributed by atoms with van der Waals surface area (Å²) in [5, 5.41) is 9.04. The van der Waals surface area contributed by atoms with E-state index in [1.165, 1.54) is 6.26 Å². The predicted molar refractivity (Wildman–Crippen MR) is 113 cm³/mol. The molecule has 7 heteroatoms. The van der Waals surface area contributed by atoms with Crippen LogP contribution in [0.15, 0.2) is 53.4 Å². The fourth-order valence-corrected chi connectivity index (χ4v) is 4.60. The van der Waals surface area contributed by atoms with Crippen molar-refractivity contribution in [3.8, 4) is 0 Å². The summed E-state index contributed by atoms with van der Waals surface area (Å²) < 4.78 is 23.2. The molecule has 156 valence electrons. The molecular formula is C22H28N2O4S. The van der Waals surface area contributed by atoms with E-state index in [9.17, 15) is 13.2 Å². The van der Waals surface area contributed by atoms with E-state index in [1.54, 1.807) is 24.3 Å². The minimum absolute atomic E-state index is 0.307. The van der Waals surface area contributed by atoms with Crippen LogP contribution in [-0.2, 0) is 22.9 Å². The molecule has 6 nitrogen and oxygen atoms in total. The van der Waals surface area contributed by atoms with Gasteiger partial charge >= 0.3 is 5.97 Å². The van der Waals surface area contributed by atoms with Gasteiger partial charge in [-0.3, -0.25) is 9.80 Å². The van der Waals surface area contributed by atoms with Crippen molar-refractivity contribution in [1.82, 2.24) is 9.80 Å². The minimum Gasteiger partial charge on any atom is -0.478 e. The van der Waals surface area contributed by atoms with Gasteiger partial charge in [-0.15, -0.1) is 0 Å². The molecule has 29 heavy (non-hydrogen) atoms. The maximum Gasteiger partial charge on any atom is 0.335 e. The number of carboxylic acid groups (broad SMARTS) is 1. The molecule has 1 saturated heterocycles. The van der Waals surface area contributed by atoms with Crippen molar-refractivity contribution in [1.29, 1.82) is 0 Å². The highest BCUT2D eigenvalue weighted by Crippen LogP contribution is 2.21. The number of rotatable bonds is 6. The summed E-state index contributed by atoms with van der Waals surface area (Å²) in [5.41, 5.74) is 2.52. The molecule has 3 rings (SSSR count). The third kappa shape index (κ3) is 5.44. The quantitative estimate of drug-likeness (QED) is 0.780. The number of hydrogen-bond acceptors (Lipinski definition) is 5. The first-order valence-electron chi connectivity index (χ1n) is 9.73. The normalized spacial score (nSPS) is 21.2. The molecule has 2 aromatic rings. The molecule has 0 radical (unpaired) electrons. The van der Waals surface area contributed by atoms with Crippen molar-refractivity contribution in [2.45, 2.75) is 43.9 Å². The molecule has 0 bridgehead atoms. The van der Waals surface area contributed by atoms with Crippen LogP contribution in [0.1, 0.15) is 35.3 Å². The van der Waals surface area contributed by atoms with Crippen molar-refractivity contribution in [2.75, 3.05) is 19.3 Å². The lowest BCUT2D eigenvalue weighted by molar-refractivity contribution is 0.0290. The Morgan fingerprint density at radius 2 is 1.41 bits per heavy atom. The van der Waals surface area contributed by atoms with Gasteiger partial charge in [-0.25, -0.2) is 13.2 Å². The van der Waals surface area contributed by atoms with E-state index >= 15 is 0 Å². The van der Waals surface area contributed by atoms with Gasteiger partial charge in [0.05, 0.1) is 10.5 Å². The van der Waals surface area contributed by atoms with Crippen LogP contribution in [0, 0.1) is 0 Å². The van der Waals surface area contributed by atoms with Gasteiger partial charge in [0.15, 0.2) is 9.84 Å². The molecule has 0 aromatic heterocycles. The van der Waals surface area contributed by atoms with Crippen LogP contribution in [0.25, 0.3) is 0 Å². The largest absolute Gasteiger partial charge is 0.478 e. The summed E-state index contributed by atoms with van der Waals surface area (Å²) in [6.07, 6.45) is 1.22. The summed E-state index contributed by atoms with van der Waals surface area (Å²) in [4.78, 5) is 16.2. The van der Waals surface area contributed by atoms with Crippen LogP contribution < -0.4 is 0 Å². The van der Waals surface area contributed by atoms with Gasteiger partial charge in [0, 0.05) is 44.5 Å². The van der Waals surface area contributed by atoms with Crippen molar-refractivity contribution in [3.63, 3.8) is 0 Å². The first-order chi connectivity index (χ1) is 13.6. The van der Waals surface area contributed by atoms with E-state index in [2.05, 4.69) is 23.6 Å². The highest BCUT2D eigenvalue weighted by Gasteiger charge is 2.29. The number of carbonyl (C=O) groups is 1. The summed E-state index contributed by atoms with van der Waals surface area (Å²) in [7, 11) is -3.17. The van der Waals surface area contributed by atoms with Crippen molar-refractivity contribution < 1.29 is 18.3 Å². The number of hydrogen-bond donors (Lipinski definition) is 1. The number of benzene rings is 2. The highest BCUT2D eigenvalue weighted by atomic mass is 32.2. The van der Waals surface area contributed by atoms with Crippen LogP contribution in [0.5, 0.6) is 0 Å². The first-order valence-corrected chi connectivity index (χ1v) is 11.6. The molecule has 1 heterocycles. The lowest BCUT2D eigenvalue weighted by Gasteiger charge is -2.44. The Hall–Kier alpha value is -2.22. The van der Waals surface area contributed by atoms with Crippen molar-refractivity contribution in [3.05, 3.63) is 65.2 Å². The first kappa shape index (κ1) is 21.5. The zero-order chi connectivity index (χ0) is 21.2. The minimum atomic E-state index is -3.17. The number of piperazine rings is 1. The molecule has 2 aromatic carbocycles. The summed E-state index contributed by atoms with van der Waals surface area (Å²) in [6, 6.07) is 14.9. The standard InChI is InChI=1S/C22H28N2O4S/c1-16-12-23(14-18-6-10-21(11-7-18)29(3,27)28)13-17(2)24(16)15-19-4-8-20(9-5-19)22(25)26/h4-11,16-17H,12-15H2,1-3H3,(H,25,26)/t16-,17+. The molecule has 1 fully saturated rings. The van der Waals surface area contributed by atoms with E-state index in [1.807, 2.05) is 24.3 Å². The Labute approximate surface area is 172 Å². The van der Waals surface area contributed by atoms with E-state index < -0.39 is 15.8 Å². The van der Waals surface area contributed by atoms with E-state index in [-0.39, 0.29) is 0 Å². The molecule has 0 unspecified atom stereocenters. The average molecular weight is 417 g/mol. The summed E-state index contributed by atoms with van der Waals surface area (Å²) in [5.74, 6) is -0.906. The molecule has 1 N–H and O–H groups in total. The fourth-order valence-electron chi connectivity index (χ4n) is 3.97. The van der Waals surface area contributed by atoms with Crippen molar-refractivity contribution >= 4 is 15.8 Å². The van der Waals surface area contributed by atoms with Crippen LogP contribution in [0.2, 0.25) is 0 Å². The molecule has 0 aliphatic carbocycles. The maximum absolute atomic E-state index is 11.6. The number of aromatic carboxylic acids is 1. The molecule has 1 aliphatic rings. The van der Waals surface area contributed by atoms with Gasteiger partial charge in [-0.1, -0.05) is 24.3 Å². The molecule has 0 saturated carbocycles. The Balaban J connectivity index is 1.61. The Morgan fingerprint density at radius 1 is 0.931 bits per heavy atom. The number of carboxylic acids is 1. The molecule has 1 aliphatic heterocycles. The second kappa shape index (κ2) is 8.65. The predicted octanol–water partition coefficient (Wildman–Crippen LogP) is 2.88. The zero-order valence-corrected chi connectivity index (χ0v) is 17.9. The van der Waals surface area contributed by atoms with Gasteiger partial charge in [0.2, 0.25) is 0 Å². The highest BCUT2D eigenvalue weighted by molar-refractivity contribution is 7.90. The van der Waals surface area contributed by atoms with Gasteiger partial charge in [-0.2, -0.15) is 0 Å². The van der Waals surface area contributed by atoms with Crippen LogP contribution in [0.3, 0.4) is 0 Å². The molecule has 0 amide bonds. The smallest absolute Gasteiger partial charge is 0.335 e. The lowest BCUT2D eigenvalue weighted by Crippen LogP contribution is -2.55. The topological polar surface area (TPSA) is 77.9 Å². The second-order valence-electron chi connectivity index (χ2n) is 7.98. The number of nitrogens with zero attached hydrogens (tertiary/aromatic N) is 2. The fraction of sp³-hybridized carbons (Fsp3) is 0.409. The number of sulfone groups is 1. The molecule has 0 spiro atoms.